The van der Waals surface area contributed by atoms with Gasteiger partial charge in [0.1, 0.15) is 0 Å². The van der Waals surface area contributed by atoms with Gasteiger partial charge in [-0.05, 0) is 42.2 Å². The molecule has 0 amide bonds. The van der Waals surface area contributed by atoms with Crippen molar-refractivity contribution in [2.45, 2.75) is 51.9 Å². The van der Waals surface area contributed by atoms with Gasteiger partial charge in [0.05, 0.1) is 12.5 Å². The fourth-order valence-electron chi connectivity index (χ4n) is 2.66. The first kappa shape index (κ1) is 14.1. The van der Waals surface area contributed by atoms with Gasteiger partial charge in [-0.1, -0.05) is 45.0 Å². The SMILES string of the molecule is CCOC(=O)C1CCC1c1ccc(C(C)(C)C)cc1. The van der Waals surface area contributed by atoms with Crippen LogP contribution in [-0.4, -0.2) is 12.6 Å². The maximum absolute atomic E-state index is 11.8. The van der Waals surface area contributed by atoms with Crippen LogP contribution in [0.4, 0.5) is 0 Å². The summed E-state index contributed by atoms with van der Waals surface area (Å²) >= 11 is 0. The summed E-state index contributed by atoms with van der Waals surface area (Å²) in [5.74, 6) is 0.396. The number of hydrogen-bond acceptors (Lipinski definition) is 2. The highest BCUT2D eigenvalue weighted by Gasteiger charge is 2.38. The van der Waals surface area contributed by atoms with E-state index in [-0.39, 0.29) is 17.3 Å². The molecule has 2 rings (SSSR count). The summed E-state index contributed by atoms with van der Waals surface area (Å²) in [6.45, 7) is 8.99. The third-order valence-electron chi connectivity index (χ3n) is 4.07. The Balaban J connectivity index is 2.09. The van der Waals surface area contributed by atoms with Gasteiger partial charge in [0.25, 0.3) is 0 Å². The van der Waals surface area contributed by atoms with Gasteiger partial charge in [0, 0.05) is 0 Å². The first-order valence-electron chi connectivity index (χ1n) is 7.20. The number of benzene rings is 1. The van der Waals surface area contributed by atoms with Crippen molar-refractivity contribution in [3.8, 4) is 0 Å². The molecule has 0 aromatic heterocycles. The van der Waals surface area contributed by atoms with Crippen LogP contribution in [0.5, 0.6) is 0 Å². The molecule has 0 N–H and O–H groups in total. The molecule has 1 aliphatic carbocycles. The van der Waals surface area contributed by atoms with Crippen LogP contribution in [0, 0.1) is 5.92 Å². The number of carbonyl (C=O) groups excluding carboxylic acids is 1. The fourth-order valence-corrected chi connectivity index (χ4v) is 2.66. The van der Waals surface area contributed by atoms with E-state index in [1.54, 1.807) is 0 Å². The average Bonchev–Trinajstić information content (AvgIpc) is 2.27. The lowest BCUT2D eigenvalue weighted by molar-refractivity contribution is -0.152. The van der Waals surface area contributed by atoms with Gasteiger partial charge in [0.2, 0.25) is 0 Å². The Morgan fingerprint density at radius 3 is 2.26 bits per heavy atom. The summed E-state index contributed by atoms with van der Waals surface area (Å²) in [7, 11) is 0. The van der Waals surface area contributed by atoms with Crippen molar-refractivity contribution >= 4 is 5.97 Å². The van der Waals surface area contributed by atoms with Crippen LogP contribution in [0.2, 0.25) is 0 Å². The zero-order chi connectivity index (χ0) is 14.0. The van der Waals surface area contributed by atoms with Crippen LogP contribution in [0.15, 0.2) is 24.3 Å². The van der Waals surface area contributed by atoms with E-state index in [0.29, 0.717) is 12.5 Å². The molecule has 0 aliphatic heterocycles. The summed E-state index contributed by atoms with van der Waals surface area (Å²) < 4.78 is 5.14. The highest BCUT2D eigenvalue weighted by atomic mass is 16.5. The van der Waals surface area contributed by atoms with Crippen LogP contribution in [0.25, 0.3) is 0 Å². The molecule has 1 aliphatic rings. The topological polar surface area (TPSA) is 26.3 Å². The summed E-state index contributed by atoms with van der Waals surface area (Å²) in [4.78, 5) is 11.8. The van der Waals surface area contributed by atoms with E-state index in [2.05, 4.69) is 45.0 Å². The lowest BCUT2D eigenvalue weighted by Crippen LogP contribution is -2.32. The van der Waals surface area contributed by atoms with Crippen molar-refractivity contribution in [3.63, 3.8) is 0 Å². The van der Waals surface area contributed by atoms with E-state index in [0.717, 1.165) is 12.8 Å². The van der Waals surface area contributed by atoms with Gasteiger partial charge >= 0.3 is 5.97 Å². The summed E-state index contributed by atoms with van der Waals surface area (Å²) in [6.07, 6.45) is 2.06. The Kier molecular flexibility index (Phi) is 3.98. The van der Waals surface area contributed by atoms with Crippen molar-refractivity contribution in [2.75, 3.05) is 6.61 Å². The molecule has 0 bridgehead atoms. The van der Waals surface area contributed by atoms with E-state index in [1.165, 1.54) is 11.1 Å². The Hall–Kier alpha value is -1.31. The zero-order valence-electron chi connectivity index (χ0n) is 12.4. The molecule has 0 saturated heterocycles. The van der Waals surface area contributed by atoms with Crippen LogP contribution in [-0.2, 0) is 14.9 Å². The minimum absolute atomic E-state index is 0.0290. The molecule has 2 nitrogen and oxygen atoms in total. The monoisotopic (exact) mass is 260 g/mol. The molecule has 2 atom stereocenters. The van der Waals surface area contributed by atoms with Gasteiger partial charge < -0.3 is 4.74 Å². The third-order valence-corrected chi connectivity index (χ3v) is 4.07. The first-order chi connectivity index (χ1) is 8.93. The number of esters is 1. The summed E-state index contributed by atoms with van der Waals surface area (Å²) in [5.41, 5.74) is 2.79. The molecular formula is C17H24O2. The number of hydrogen-bond donors (Lipinski definition) is 0. The Bertz CT molecular complexity index is 439. The Labute approximate surface area is 116 Å². The molecule has 0 heterocycles. The minimum atomic E-state index is -0.0290. The van der Waals surface area contributed by atoms with Crippen LogP contribution < -0.4 is 0 Å². The number of ether oxygens (including phenoxy) is 1. The second-order valence-electron chi connectivity index (χ2n) is 6.41. The van der Waals surface area contributed by atoms with Crippen molar-refractivity contribution in [1.82, 2.24) is 0 Å². The van der Waals surface area contributed by atoms with Crippen LogP contribution >= 0.6 is 0 Å². The van der Waals surface area contributed by atoms with Gasteiger partial charge in [-0.25, -0.2) is 0 Å². The van der Waals surface area contributed by atoms with E-state index in [1.807, 2.05) is 6.92 Å². The highest BCUT2D eigenvalue weighted by molar-refractivity contribution is 5.75. The maximum Gasteiger partial charge on any atom is 0.309 e. The van der Waals surface area contributed by atoms with E-state index < -0.39 is 0 Å². The van der Waals surface area contributed by atoms with Crippen molar-refractivity contribution in [2.24, 2.45) is 5.92 Å². The van der Waals surface area contributed by atoms with Crippen molar-refractivity contribution in [1.29, 1.82) is 0 Å². The van der Waals surface area contributed by atoms with Gasteiger partial charge in [-0.15, -0.1) is 0 Å². The van der Waals surface area contributed by atoms with E-state index in [9.17, 15) is 4.79 Å². The lowest BCUT2D eigenvalue weighted by Gasteiger charge is -2.35. The second kappa shape index (κ2) is 5.36. The first-order valence-corrected chi connectivity index (χ1v) is 7.20. The van der Waals surface area contributed by atoms with Crippen molar-refractivity contribution in [3.05, 3.63) is 35.4 Å². The quantitative estimate of drug-likeness (QED) is 0.767. The van der Waals surface area contributed by atoms with Gasteiger partial charge in [0.15, 0.2) is 0 Å². The summed E-state index contributed by atoms with van der Waals surface area (Å²) in [6, 6.07) is 8.74. The highest BCUT2D eigenvalue weighted by Crippen LogP contribution is 2.43. The maximum atomic E-state index is 11.8. The van der Waals surface area contributed by atoms with Crippen LogP contribution in [0.3, 0.4) is 0 Å². The molecule has 1 aromatic carbocycles. The number of carbonyl (C=O) groups is 1. The van der Waals surface area contributed by atoms with E-state index in [4.69, 9.17) is 4.74 Å². The number of rotatable bonds is 3. The third kappa shape index (κ3) is 2.99. The average molecular weight is 260 g/mol. The molecule has 0 radical (unpaired) electrons. The molecule has 19 heavy (non-hydrogen) atoms. The molecular weight excluding hydrogens is 236 g/mol. The minimum Gasteiger partial charge on any atom is -0.466 e. The Morgan fingerprint density at radius 2 is 1.84 bits per heavy atom. The van der Waals surface area contributed by atoms with Crippen LogP contribution in [0.1, 0.15) is 57.6 Å². The standard InChI is InChI=1S/C17H24O2/c1-5-19-16(18)15-11-10-14(15)12-6-8-13(9-7-12)17(2,3)4/h6-9,14-15H,5,10-11H2,1-4H3. The molecule has 1 saturated carbocycles. The molecule has 2 heteroatoms. The smallest absolute Gasteiger partial charge is 0.309 e. The molecule has 1 fully saturated rings. The molecule has 0 spiro atoms. The van der Waals surface area contributed by atoms with Gasteiger partial charge in [-0.2, -0.15) is 0 Å². The van der Waals surface area contributed by atoms with E-state index >= 15 is 0 Å². The lowest BCUT2D eigenvalue weighted by atomic mass is 9.69. The second-order valence-corrected chi connectivity index (χ2v) is 6.41. The fraction of sp³-hybridized carbons (Fsp3) is 0.588. The predicted molar refractivity (Wildman–Crippen MR) is 77.2 cm³/mol. The van der Waals surface area contributed by atoms with Crippen molar-refractivity contribution < 1.29 is 9.53 Å². The summed E-state index contributed by atoms with van der Waals surface area (Å²) in [5, 5.41) is 0. The zero-order valence-corrected chi connectivity index (χ0v) is 12.4. The molecule has 104 valence electrons. The largest absolute Gasteiger partial charge is 0.466 e. The predicted octanol–water partition coefficient (Wildman–Crippen LogP) is 4.04. The van der Waals surface area contributed by atoms with Gasteiger partial charge in [-0.3, -0.25) is 4.79 Å². The normalized spacial score (nSPS) is 22.7. The molecule has 2 unspecified atom stereocenters. The Morgan fingerprint density at radius 1 is 1.21 bits per heavy atom. The molecule has 1 aromatic rings.